The van der Waals surface area contributed by atoms with Gasteiger partial charge in [-0.1, -0.05) is 42.5 Å². The number of nitro benzene ring substituents is 1. The normalized spacial score (nSPS) is 11.3. The highest BCUT2D eigenvalue weighted by molar-refractivity contribution is 6.04. The molecular formula is C23H21N3O5. The molecule has 158 valence electrons. The predicted octanol–water partition coefficient (Wildman–Crippen LogP) is 4.10. The van der Waals surface area contributed by atoms with Crippen LogP contribution in [0.5, 0.6) is 5.75 Å². The fourth-order valence-corrected chi connectivity index (χ4v) is 2.89. The van der Waals surface area contributed by atoms with Crippen LogP contribution in [-0.4, -0.2) is 23.3 Å². The van der Waals surface area contributed by atoms with Gasteiger partial charge in [-0.2, -0.15) is 0 Å². The van der Waals surface area contributed by atoms with Gasteiger partial charge in [0.15, 0.2) is 6.61 Å². The zero-order valence-corrected chi connectivity index (χ0v) is 16.8. The van der Waals surface area contributed by atoms with E-state index >= 15 is 0 Å². The first-order chi connectivity index (χ1) is 14.9. The van der Waals surface area contributed by atoms with Crippen LogP contribution < -0.4 is 15.4 Å². The summed E-state index contributed by atoms with van der Waals surface area (Å²) in [5, 5.41) is 16.3. The minimum Gasteiger partial charge on any atom is -0.484 e. The third-order valence-corrected chi connectivity index (χ3v) is 4.51. The molecule has 2 N–H and O–H groups in total. The van der Waals surface area contributed by atoms with E-state index in [0.29, 0.717) is 17.0 Å². The van der Waals surface area contributed by atoms with Crippen molar-refractivity contribution in [1.82, 2.24) is 5.32 Å². The van der Waals surface area contributed by atoms with Crippen LogP contribution in [0, 0.1) is 10.1 Å². The van der Waals surface area contributed by atoms with Crippen molar-refractivity contribution in [3.05, 3.63) is 100 Å². The largest absolute Gasteiger partial charge is 0.484 e. The number of ether oxygens (including phenoxy) is 1. The first-order valence-electron chi connectivity index (χ1n) is 9.56. The number of carbonyl (C=O) groups excluding carboxylic acids is 2. The second-order valence-corrected chi connectivity index (χ2v) is 6.74. The van der Waals surface area contributed by atoms with Gasteiger partial charge in [-0.15, -0.1) is 0 Å². The van der Waals surface area contributed by atoms with Gasteiger partial charge in [0, 0.05) is 12.1 Å². The van der Waals surface area contributed by atoms with Gasteiger partial charge in [-0.05, 0) is 36.8 Å². The number of carbonyl (C=O) groups is 2. The fourth-order valence-electron chi connectivity index (χ4n) is 2.89. The Bertz CT molecular complexity index is 1070. The first-order valence-corrected chi connectivity index (χ1v) is 9.56. The monoisotopic (exact) mass is 419 g/mol. The topological polar surface area (TPSA) is 111 Å². The zero-order valence-electron chi connectivity index (χ0n) is 16.8. The Morgan fingerprint density at radius 3 is 2.29 bits per heavy atom. The van der Waals surface area contributed by atoms with Crippen LogP contribution in [0.25, 0.3) is 0 Å². The number of amides is 2. The number of hydrogen-bond donors (Lipinski definition) is 2. The molecule has 31 heavy (non-hydrogen) atoms. The van der Waals surface area contributed by atoms with E-state index in [4.69, 9.17) is 4.74 Å². The van der Waals surface area contributed by atoms with E-state index in [-0.39, 0.29) is 24.2 Å². The number of rotatable bonds is 8. The average Bonchev–Trinajstić information content (AvgIpc) is 2.79. The Morgan fingerprint density at radius 2 is 1.61 bits per heavy atom. The van der Waals surface area contributed by atoms with Gasteiger partial charge in [-0.25, -0.2) is 0 Å². The predicted molar refractivity (Wildman–Crippen MR) is 116 cm³/mol. The van der Waals surface area contributed by atoms with Crippen LogP contribution in [-0.2, 0) is 4.79 Å². The molecular weight excluding hydrogens is 398 g/mol. The molecule has 8 heteroatoms. The van der Waals surface area contributed by atoms with Gasteiger partial charge in [0.1, 0.15) is 5.75 Å². The third kappa shape index (κ3) is 5.89. The lowest BCUT2D eigenvalue weighted by atomic mass is 10.1. The molecule has 1 atom stereocenters. The molecule has 0 fully saturated rings. The Balaban J connectivity index is 1.61. The molecule has 0 saturated carbocycles. The Morgan fingerprint density at radius 1 is 0.968 bits per heavy atom. The Kier molecular flexibility index (Phi) is 6.95. The summed E-state index contributed by atoms with van der Waals surface area (Å²) in [4.78, 5) is 35.2. The van der Waals surface area contributed by atoms with Crippen molar-refractivity contribution in [2.24, 2.45) is 0 Å². The molecule has 3 aromatic carbocycles. The molecule has 0 spiro atoms. The Hall–Kier alpha value is -4.20. The molecule has 0 unspecified atom stereocenters. The summed E-state index contributed by atoms with van der Waals surface area (Å²) in [5.74, 6) is -0.457. The molecule has 0 bridgehead atoms. The van der Waals surface area contributed by atoms with Crippen LogP contribution in [0.3, 0.4) is 0 Å². The van der Waals surface area contributed by atoms with Crippen molar-refractivity contribution < 1.29 is 19.2 Å². The van der Waals surface area contributed by atoms with Crippen molar-refractivity contribution in [2.75, 3.05) is 11.9 Å². The van der Waals surface area contributed by atoms with Gasteiger partial charge >= 0.3 is 0 Å². The molecule has 0 aromatic heterocycles. The maximum Gasteiger partial charge on any atom is 0.269 e. The fraction of sp³-hybridized carbons (Fsp3) is 0.130. The molecule has 0 aliphatic carbocycles. The number of non-ortho nitro benzene ring substituents is 1. The maximum atomic E-state index is 12.7. The van der Waals surface area contributed by atoms with E-state index in [1.54, 1.807) is 24.3 Å². The van der Waals surface area contributed by atoms with E-state index in [1.807, 2.05) is 37.3 Å². The number of para-hydroxylation sites is 1. The molecule has 3 rings (SSSR count). The van der Waals surface area contributed by atoms with Crippen LogP contribution in [0.2, 0.25) is 0 Å². The number of nitrogens with one attached hydrogen (secondary N) is 2. The molecule has 0 radical (unpaired) electrons. The first kappa shape index (κ1) is 21.5. The minimum atomic E-state index is -0.517. The van der Waals surface area contributed by atoms with Gasteiger partial charge < -0.3 is 15.4 Å². The number of nitrogens with zero attached hydrogens (tertiary/aromatic N) is 1. The van der Waals surface area contributed by atoms with Crippen LogP contribution in [0.4, 0.5) is 11.4 Å². The molecule has 0 saturated heterocycles. The lowest BCUT2D eigenvalue weighted by molar-refractivity contribution is -0.384. The highest BCUT2D eigenvalue weighted by atomic mass is 16.6. The SMILES string of the molecule is C[C@H](NC(=O)c1ccccc1NC(=O)COc1ccc([N+](=O)[O-])cc1)c1ccccc1. The highest BCUT2D eigenvalue weighted by Gasteiger charge is 2.16. The minimum absolute atomic E-state index is 0.0681. The number of hydrogen-bond acceptors (Lipinski definition) is 5. The summed E-state index contributed by atoms with van der Waals surface area (Å²) in [5.41, 5.74) is 1.59. The summed E-state index contributed by atoms with van der Waals surface area (Å²) < 4.78 is 5.36. The van der Waals surface area contributed by atoms with Crippen LogP contribution >= 0.6 is 0 Å². The molecule has 3 aromatic rings. The number of anilines is 1. The van der Waals surface area contributed by atoms with E-state index in [9.17, 15) is 19.7 Å². The van der Waals surface area contributed by atoms with E-state index in [1.165, 1.54) is 24.3 Å². The van der Waals surface area contributed by atoms with Gasteiger partial charge in [-0.3, -0.25) is 19.7 Å². The summed E-state index contributed by atoms with van der Waals surface area (Å²) in [6, 6.07) is 21.4. The quantitative estimate of drug-likeness (QED) is 0.422. The van der Waals surface area contributed by atoms with Crippen LogP contribution in [0.15, 0.2) is 78.9 Å². The Labute approximate surface area is 179 Å². The second-order valence-electron chi connectivity index (χ2n) is 6.74. The smallest absolute Gasteiger partial charge is 0.269 e. The third-order valence-electron chi connectivity index (χ3n) is 4.51. The number of nitro groups is 1. The molecule has 8 nitrogen and oxygen atoms in total. The zero-order chi connectivity index (χ0) is 22.2. The molecule has 2 amide bonds. The standard InChI is InChI=1S/C23H21N3O5/c1-16(17-7-3-2-4-8-17)24-23(28)20-9-5-6-10-21(20)25-22(27)15-31-19-13-11-18(12-14-19)26(29)30/h2-14,16H,15H2,1H3,(H,24,28)(H,25,27)/t16-/m0/s1. The lowest BCUT2D eigenvalue weighted by Gasteiger charge is -2.16. The van der Waals surface area contributed by atoms with Gasteiger partial charge in [0.2, 0.25) is 0 Å². The highest BCUT2D eigenvalue weighted by Crippen LogP contribution is 2.19. The summed E-state index contributed by atoms with van der Waals surface area (Å²) in [6.45, 7) is 1.57. The van der Waals surface area contributed by atoms with Crippen molar-refractivity contribution in [1.29, 1.82) is 0 Å². The maximum absolute atomic E-state index is 12.7. The average molecular weight is 419 g/mol. The van der Waals surface area contributed by atoms with Crippen molar-refractivity contribution >= 4 is 23.2 Å². The van der Waals surface area contributed by atoms with Crippen LogP contribution in [0.1, 0.15) is 28.9 Å². The van der Waals surface area contributed by atoms with E-state index in [0.717, 1.165) is 5.56 Å². The summed E-state index contributed by atoms with van der Waals surface area (Å²) >= 11 is 0. The van der Waals surface area contributed by atoms with E-state index < -0.39 is 10.8 Å². The van der Waals surface area contributed by atoms with Crippen molar-refractivity contribution in [3.63, 3.8) is 0 Å². The summed E-state index contributed by atoms with van der Waals surface area (Å²) in [7, 11) is 0. The lowest BCUT2D eigenvalue weighted by Crippen LogP contribution is -2.28. The second kappa shape index (κ2) is 10.0. The van der Waals surface area contributed by atoms with Gasteiger partial charge in [0.25, 0.3) is 17.5 Å². The molecule has 0 aliphatic heterocycles. The number of benzene rings is 3. The molecule has 0 aliphatic rings. The molecule has 0 heterocycles. The van der Waals surface area contributed by atoms with Crippen molar-refractivity contribution in [3.8, 4) is 5.75 Å². The van der Waals surface area contributed by atoms with Crippen molar-refractivity contribution in [2.45, 2.75) is 13.0 Å². The van der Waals surface area contributed by atoms with E-state index in [2.05, 4.69) is 10.6 Å². The summed E-state index contributed by atoms with van der Waals surface area (Å²) in [6.07, 6.45) is 0. The van der Waals surface area contributed by atoms with Gasteiger partial charge in [0.05, 0.1) is 22.2 Å².